The van der Waals surface area contributed by atoms with Gasteiger partial charge in [0.25, 0.3) is 0 Å². The van der Waals surface area contributed by atoms with Gasteiger partial charge in [0.1, 0.15) is 5.60 Å². The Balaban J connectivity index is 1.73. The zero-order valence-corrected chi connectivity index (χ0v) is 13.4. The Hall–Kier alpha value is -0.940. The molecule has 0 amide bonds. The van der Waals surface area contributed by atoms with Crippen LogP contribution in [-0.4, -0.2) is 30.3 Å². The zero-order valence-electron chi connectivity index (χ0n) is 13.4. The van der Waals surface area contributed by atoms with Crippen molar-refractivity contribution in [2.24, 2.45) is 11.8 Å². The molecule has 5 nitrogen and oxygen atoms in total. The van der Waals surface area contributed by atoms with Gasteiger partial charge in [0.2, 0.25) is 11.7 Å². The molecular formula is C16H27N3O2. The minimum absolute atomic E-state index is 0.339. The van der Waals surface area contributed by atoms with E-state index in [1.807, 2.05) is 7.05 Å². The van der Waals surface area contributed by atoms with Crippen molar-refractivity contribution in [3.05, 3.63) is 11.7 Å². The number of rotatable bonds is 6. The van der Waals surface area contributed by atoms with Gasteiger partial charge in [0, 0.05) is 19.6 Å². The van der Waals surface area contributed by atoms with Crippen molar-refractivity contribution >= 4 is 0 Å². The fourth-order valence-corrected chi connectivity index (χ4v) is 3.70. The van der Waals surface area contributed by atoms with E-state index in [0.29, 0.717) is 12.0 Å². The normalized spacial score (nSPS) is 31.3. The highest BCUT2D eigenvalue weighted by Gasteiger charge is 2.41. The van der Waals surface area contributed by atoms with Gasteiger partial charge < -0.3 is 14.6 Å². The Morgan fingerprint density at radius 3 is 2.86 bits per heavy atom. The predicted octanol–water partition coefficient (Wildman–Crippen LogP) is 2.66. The third-order valence-electron chi connectivity index (χ3n) is 5.18. The molecule has 1 aromatic rings. The third-order valence-corrected chi connectivity index (χ3v) is 5.18. The molecule has 0 spiro atoms. The van der Waals surface area contributed by atoms with Gasteiger partial charge in [0.15, 0.2) is 0 Å². The third kappa shape index (κ3) is 3.14. The summed E-state index contributed by atoms with van der Waals surface area (Å²) in [4.78, 5) is 4.67. The Kier molecular flexibility index (Phi) is 4.31. The molecule has 2 fully saturated rings. The first-order chi connectivity index (χ1) is 10.2. The summed E-state index contributed by atoms with van der Waals surface area (Å²) in [5, 5.41) is 7.62. The van der Waals surface area contributed by atoms with Gasteiger partial charge in [-0.2, -0.15) is 4.98 Å². The summed E-state index contributed by atoms with van der Waals surface area (Å²) in [5.74, 6) is 2.91. The van der Waals surface area contributed by atoms with E-state index in [0.717, 1.165) is 36.9 Å². The van der Waals surface area contributed by atoms with E-state index in [9.17, 15) is 0 Å². The summed E-state index contributed by atoms with van der Waals surface area (Å²) in [6.45, 7) is 2.28. The number of methoxy groups -OCH3 is 1. The molecular weight excluding hydrogens is 266 g/mol. The monoisotopic (exact) mass is 293 g/mol. The number of nitrogens with zero attached hydrogens (tertiary/aromatic N) is 2. The maximum Gasteiger partial charge on any atom is 0.228 e. The molecule has 2 saturated carbocycles. The lowest BCUT2D eigenvalue weighted by atomic mass is 9.78. The van der Waals surface area contributed by atoms with Crippen molar-refractivity contribution in [3.63, 3.8) is 0 Å². The molecule has 5 heteroatoms. The number of aromatic nitrogens is 2. The Bertz CT molecular complexity index is 472. The van der Waals surface area contributed by atoms with E-state index in [1.54, 1.807) is 7.11 Å². The quantitative estimate of drug-likeness (QED) is 0.873. The Morgan fingerprint density at radius 2 is 2.24 bits per heavy atom. The molecule has 0 bridgehead atoms. The van der Waals surface area contributed by atoms with E-state index >= 15 is 0 Å². The van der Waals surface area contributed by atoms with Gasteiger partial charge in [0.05, 0.1) is 0 Å². The summed E-state index contributed by atoms with van der Waals surface area (Å²) < 4.78 is 11.3. The molecule has 1 aromatic heterocycles. The smallest absolute Gasteiger partial charge is 0.228 e. The maximum atomic E-state index is 5.84. The van der Waals surface area contributed by atoms with Gasteiger partial charge in [-0.25, -0.2) is 0 Å². The second-order valence-electron chi connectivity index (χ2n) is 6.85. The molecule has 3 unspecified atom stereocenters. The average Bonchev–Trinajstić information content (AvgIpc) is 3.23. The van der Waals surface area contributed by atoms with E-state index in [-0.39, 0.29) is 5.60 Å². The number of likely N-dealkylation sites (N-methyl/N-ethyl adjacent to an activating group) is 1. The van der Waals surface area contributed by atoms with Gasteiger partial charge in [-0.3, -0.25) is 0 Å². The highest BCUT2D eigenvalue weighted by Crippen LogP contribution is 2.41. The van der Waals surface area contributed by atoms with Crippen molar-refractivity contribution in [2.45, 2.75) is 63.5 Å². The minimum Gasteiger partial charge on any atom is -0.370 e. The van der Waals surface area contributed by atoms with E-state index < -0.39 is 0 Å². The molecule has 1 heterocycles. The van der Waals surface area contributed by atoms with Crippen LogP contribution in [0.2, 0.25) is 0 Å². The molecule has 0 aliphatic heterocycles. The molecule has 118 valence electrons. The van der Waals surface area contributed by atoms with E-state index in [4.69, 9.17) is 9.26 Å². The average molecular weight is 293 g/mol. The van der Waals surface area contributed by atoms with Gasteiger partial charge in [-0.1, -0.05) is 18.5 Å². The van der Waals surface area contributed by atoms with Crippen LogP contribution in [0.4, 0.5) is 0 Å². The molecule has 0 radical (unpaired) electrons. The molecule has 3 atom stereocenters. The van der Waals surface area contributed by atoms with Crippen LogP contribution in [0.1, 0.15) is 57.2 Å². The van der Waals surface area contributed by atoms with Crippen LogP contribution in [0, 0.1) is 11.8 Å². The SMILES string of the molecule is CNC(Cc1nc(C2(OC)CCCC(C)C2)no1)C1CC1. The number of hydrogen-bond donors (Lipinski definition) is 1. The Labute approximate surface area is 126 Å². The summed E-state index contributed by atoms with van der Waals surface area (Å²) in [6.07, 6.45) is 7.85. The van der Waals surface area contributed by atoms with Crippen molar-refractivity contribution in [2.75, 3.05) is 14.2 Å². The van der Waals surface area contributed by atoms with Crippen LogP contribution in [0.15, 0.2) is 4.52 Å². The topological polar surface area (TPSA) is 60.2 Å². The standard InChI is InChI=1S/C16H27N3O2/c1-11-5-4-8-16(10-11,20-3)15-18-14(21-19-15)9-13(17-2)12-6-7-12/h11-13,17H,4-10H2,1-3H3. The van der Waals surface area contributed by atoms with Crippen LogP contribution in [0.25, 0.3) is 0 Å². The summed E-state index contributed by atoms with van der Waals surface area (Å²) in [7, 11) is 3.79. The second kappa shape index (κ2) is 6.05. The van der Waals surface area contributed by atoms with E-state index in [2.05, 4.69) is 22.4 Å². The van der Waals surface area contributed by atoms with Crippen LogP contribution in [-0.2, 0) is 16.8 Å². The fourth-order valence-electron chi connectivity index (χ4n) is 3.70. The lowest BCUT2D eigenvalue weighted by Gasteiger charge is -2.36. The summed E-state index contributed by atoms with van der Waals surface area (Å²) >= 11 is 0. The van der Waals surface area contributed by atoms with Gasteiger partial charge in [-0.15, -0.1) is 0 Å². The lowest BCUT2D eigenvalue weighted by molar-refractivity contribution is -0.0658. The second-order valence-corrected chi connectivity index (χ2v) is 6.85. The summed E-state index contributed by atoms with van der Waals surface area (Å²) in [5.41, 5.74) is -0.339. The minimum atomic E-state index is -0.339. The lowest BCUT2D eigenvalue weighted by Crippen LogP contribution is -2.35. The molecule has 1 N–H and O–H groups in total. The first kappa shape index (κ1) is 15.0. The van der Waals surface area contributed by atoms with E-state index in [1.165, 1.54) is 25.7 Å². The predicted molar refractivity (Wildman–Crippen MR) is 79.9 cm³/mol. The van der Waals surface area contributed by atoms with Gasteiger partial charge >= 0.3 is 0 Å². The number of hydrogen-bond acceptors (Lipinski definition) is 5. The fraction of sp³-hybridized carbons (Fsp3) is 0.875. The highest BCUT2D eigenvalue weighted by atomic mass is 16.5. The zero-order chi connectivity index (χ0) is 14.9. The molecule has 0 saturated heterocycles. The van der Waals surface area contributed by atoms with Crippen molar-refractivity contribution < 1.29 is 9.26 Å². The number of ether oxygens (including phenoxy) is 1. The van der Waals surface area contributed by atoms with Crippen LogP contribution in [0.5, 0.6) is 0 Å². The molecule has 2 aliphatic rings. The Morgan fingerprint density at radius 1 is 1.43 bits per heavy atom. The van der Waals surface area contributed by atoms with Crippen molar-refractivity contribution in [1.82, 2.24) is 15.5 Å². The van der Waals surface area contributed by atoms with Crippen molar-refractivity contribution in [1.29, 1.82) is 0 Å². The van der Waals surface area contributed by atoms with Crippen LogP contribution in [0.3, 0.4) is 0 Å². The first-order valence-corrected chi connectivity index (χ1v) is 8.22. The molecule has 0 aromatic carbocycles. The first-order valence-electron chi connectivity index (χ1n) is 8.22. The summed E-state index contributed by atoms with van der Waals surface area (Å²) in [6, 6.07) is 0.460. The number of nitrogens with one attached hydrogen (secondary N) is 1. The van der Waals surface area contributed by atoms with Gasteiger partial charge in [-0.05, 0) is 51.0 Å². The molecule has 21 heavy (non-hydrogen) atoms. The maximum absolute atomic E-state index is 5.84. The highest BCUT2D eigenvalue weighted by molar-refractivity contribution is 5.05. The molecule has 3 rings (SSSR count). The van der Waals surface area contributed by atoms with Crippen molar-refractivity contribution in [3.8, 4) is 0 Å². The van der Waals surface area contributed by atoms with Crippen LogP contribution < -0.4 is 5.32 Å². The van der Waals surface area contributed by atoms with Crippen LogP contribution >= 0.6 is 0 Å². The molecule has 2 aliphatic carbocycles. The largest absolute Gasteiger partial charge is 0.370 e.